The van der Waals surface area contributed by atoms with Crippen molar-refractivity contribution in [2.24, 2.45) is 4.99 Å². The predicted octanol–water partition coefficient (Wildman–Crippen LogP) is 6.72. The van der Waals surface area contributed by atoms with E-state index < -0.39 is 0 Å². The summed E-state index contributed by atoms with van der Waals surface area (Å²) in [7, 11) is 0. The first-order valence-corrected chi connectivity index (χ1v) is 15.3. The highest BCUT2D eigenvalue weighted by molar-refractivity contribution is 9.10. The van der Waals surface area contributed by atoms with E-state index in [9.17, 15) is 4.79 Å². The third-order valence-electron chi connectivity index (χ3n) is 7.18. The number of halogens is 1. The van der Waals surface area contributed by atoms with E-state index in [0.717, 1.165) is 44.7 Å². The van der Waals surface area contributed by atoms with E-state index in [1.54, 1.807) is 11.3 Å². The lowest BCUT2D eigenvalue weighted by Crippen LogP contribution is -2.38. The number of ether oxygens (including phenoxy) is 1. The molecule has 2 aromatic heterocycles. The zero-order valence-corrected chi connectivity index (χ0v) is 24.1. The molecule has 192 valence electrons. The fourth-order valence-electron chi connectivity index (χ4n) is 5.33. The highest BCUT2D eigenvalue weighted by Crippen LogP contribution is 2.42. The van der Waals surface area contributed by atoms with Crippen molar-refractivity contribution in [3.8, 4) is 5.75 Å². The molecule has 0 saturated carbocycles. The average molecular weight is 612 g/mol. The molecule has 1 atom stereocenters. The molecule has 0 radical (unpaired) electrons. The molecule has 3 aromatic carbocycles. The Morgan fingerprint density at radius 3 is 2.67 bits per heavy atom. The normalized spacial score (nSPS) is 16.3. The highest BCUT2D eigenvalue weighted by atomic mass is 79.9. The molecule has 0 spiro atoms. The van der Waals surface area contributed by atoms with Crippen LogP contribution in [0.1, 0.15) is 39.6 Å². The van der Waals surface area contributed by atoms with Crippen LogP contribution in [0.4, 0.5) is 0 Å². The molecular formula is C32H23BrN2O2S2. The first kappa shape index (κ1) is 24.5. The summed E-state index contributed by atoms with van der Waals surface area (Å²) in [5, 5.41) is 2.08. The largest absolute Gasteiger partial charge is 0.488 e. The van der Waals surface area contributed by atoms with E-state index >= 15 is 0 Å². The molecule has 0 amide bonds. The lowest BCUT2D eigenvalue weighted by molar-refractivity contribution is 0.304. The Morgan fingerprint density at radius 2 is 1.85 bits per heavy atom. The van der Waals surface area contributed by atoms with Crippen LogP contribution in [0.15, 0.2) is 110 Å². The van der Waals surface area contributed by atoms with E-state index in [-0.39, 0.29) is 11.6 Å². The molecule has 7 heteroatoms. The Hall–Kier alpha value is -3.52. The van der Waals surface area contributed by atoms with Crippen LogP contribution in [0.2, 0.25) is 0 Å². The van der Waals surface area contributed by atoms with Crippen LogP contribution in [0.5, 0.6) is 5.75 Å². The van der Waals surface area contributed by atoms with Gasteiger partial charge in [0.25, 0.3) is 5.56 Å². The Kier molecular flexibility index (Phi) is 6.43. The summed E-state index contributed by atoms with van der Waals surface area (Å²) in [6.07, 6.45) is 3.82. The molecule has 0 N–H and O–H groups in total. The maximum atomic E-state index is 13.9. The van der Waals surface area contributed by atoms with Gasteiger partial charge in [-0.05, 0) is 80.7 Å². The third kappa shape index (κ3) is 4.54. The Balaban J connectivity index is 1.29. The molecule has 0 saturated heterocycles. The lowest BCUT2D eigenvalue weighted by atomic mass is 9.85. The van der Waals surface area contributed by atoms with Crippen molar-refractivity contribution in [3.63, 3.8) is 0 Å². The Labute approximate surface area is 242 Å². The topological polar surface area (TPSA) is 43.6 Å². The Morgan fingerprint density at radius 1 is 1.00 bits per heavy atom. The second-order valence-electron chi connectivity index (χ2n) is 9.59. The number of hydrogen-bond donors (Lipinski definition) is 0. The molecule has 7 rings (SSSR count). The van der Waals surface area contributed by atoms with Gasteiger partial charge in [0.15, 0.2) is 4.80 Å². The number of aryl methyl sites for hydroxylation is 1. The van der Waals surface area contributed by atoms with Crippen molar-refractivity contribution < 1.29 is 4.74 Å². The summed E-state index contributed by atoms with van der Waals surface area (Å²) in [5.74, 6) is 0.765. The van der Waals surface area contributed by atoms with Crippen molar-refractivity contribution in [2.45, 2.75) is 25.5 Å². The van der Waals surface area contributed by atoms with Gasteiger partial charge in [-0.15, -0.1) is 11.3 Å². The second-order valence-corrected chi connectivity index (χ2v) is 12.4. The number of aromatic nitrogens is 1. The van der Waals surface area contributed by atoms with E-state index in [0.29, 0.717) is 11.1 Å². The minimum absolute atomic E-state index is 0.00286. The number of fused-ring (bicyclic) bond motifs is 3. The van der Waals surface area contributed by atoms with Gasteiger partial charge < -0.3 is 4.74 Å². The lowest BCUT2D eigenvalue weighted by Gasteiger charge is -2.30. The summed E-state index contributed by atoms with van der Waals surface area (Å²) in [6, 6.07) is 28.6. The van der Waals surface area contributed by atoms with Crippen molar-refractivity contribution in [2.75, 3.05) is 0 Å². The minimum atomic E-state index is -0.118. The predicted molar refractivity (Wildman–Crippen MR) is 162 cm³/mol. The zero-order chi connectivity index (χ0) is 26.3. The SMILES string of the molecule is O=c1c(=Cc2ccc(OCc3ccccc3)c(Br)c2)sc2n1C(c1cccs1)C1=C(N=2)c2ccccc2CC1. The summed E-state index contributed by atoms with van der Waals surface area (Å²) < 4.78 is 9.44. The quantitative estimate of drug-likeness (QED) is 0.222. The molecule has 4 nitrogen and oxygen atoms in total. The first-order chi connectivity index (χ1) is 19.2. The molecule has 1 aliphatic carbocycles. The number of rotatable bonds is 5. The average Bonchev–Trinajstić information content (AvgIpc) is 3.60. The van der Waals surface area contributed by atoms with Crippen molar-refractivity contribution in [3.05, 3.63) is 147 Å². The van der Waals surface area contributed by atoms with Gasteiger partial charge in [0.05, 0.1) is 20.7 Å². The standard InChI is InChI=1S/C32H23BrN2O2S2/c33-25-17-21(12-15-26(25)37-19-20-7-2-1-3-8-20)18-28-31(36)35-30(27-11-6-16-38-27)24-14-13-22-9-4-5-10-23(22)29(24)34-32(35)39-28/h1-12,15-18,30H,13-14,19H2. The first-order valence-electron chi connectivity index (χ1n) is 12.8. The van der Waals surface area contributed by atoms with Gasteiger partial charge in [-0.25, -0.2) is 4.99 Å². The zero-order valence-electron chi connectivity index (χ0n) is 20.8. The van der Waals surface area contributed by atoms with Crippen LogP contribution in [0.3, 0.4) is 0 Å². The van der Waals surface area contributed by atoms with Crippen molar-refractivity contribution >= 4 is 50.4 Å². The number of thiazole rings is 1. The minimum Gasteiger partial charge on any atom is -0.488 e. The smallest absolute Gasteiger partial charge is 0.271 e. The molecule has 2 aliphatic rings. The number of allylic oxidation sites excluding steroid dienone is 1. The van der Waals surface area contributed by atoms with Crippen LogP contribution in [-0.4, -0.2) is 4.57 Å². The molecule has 5 aromatic rings. The van der Waals surface area contributed by atoms with E-state index in [4.69, 9.17) is 9.73 Å². The molecule has 0 fully saturated rings. The number of nitrogens with zero attached hydrogens (tertiary/aromatic N) is 2. The second kappa shape index (κ2) is 10.2. The Bertz CT molecular complexity index is 1900. The molecule has 0 bridgehead atoms. The van der Waals surface area contributed by atoms with Crippen molar-refractivity contribution in [1.29, 1.82) is 0 Å². The molecule has 1 unspecified atom stereocenters. The summed E-state index contributed by atoms with van der Waals surface area (Å²) in [6.45, 7) is 0.494. The van der Waals surface area contributed by atoms with E-state index in [2.05, 4.69) is 57.7 Å². The van der Waals surface area contributed by atoms with Gasteiger partial charge in [-0.1, -0.05) is 78.1 Å². The van der Waals surface area contributed by atoms with Crippen LogP contribution in [0, 0.1) is 0 Å². The summed E-state index contributed by atoms with van der Waals surface area (Å²) in [4.78, 5) is 20.9. The summed E-state index contributed by atoms with van der Waals surface area (Å²) >= 11 is 6.81. The van der Waals surface area contributed by atoms with Gasteiger partial charge >= 0.3 is 0 Å². The molecule has 3 heterocycles. The monoisotopic (exact) mass is 610 g/mol. The van der Waals surface area contributed by atoms with Gasteiger partial charge in [-0.3, -0.25) is 9.36 Å². The van der Waals surface area contributed by atoms with Crippen LogP contribution < -0.4 is 19.6 Å². The van der Waals surface area contributed by atoms with E-state index in [1.165, 1.54) is 32.9 Å². The highest BCUT2D eigenvalue weighted by Gasteiger charge is 2.33. The van der Waals surface area contributed by atoms with Crippen LogP contribution >= 0.6 is 38.6 Å². The van der Waals surface area contributed by atoms with Gasteiger partial charge in [0.1, 0.15) is 12.4 Å². The molecule has 39 heavy (non-hydrogen) atoms. The van der Waals surface area contributed by atoms with E-state index in [1.807, 2.05) is 59.2 Å². The van der Waals surface area contributed by atoms with Gasteiger partial charge in [-0.2, -0.15) is 0 Å². The number of thiophene rings is 1. The fourth-order valence-corrected chi connectivity index (χ4v) is 7.69. The third-order valence-corrected chi connectivity index (χ3v) is 9.70. The summed E-state index contributed by atoms with van der Waals surface area (Å²) in [5.41, 5.74) is 6.82. The van der Waals surface area contributed by atoms with Crippen LogP contribution in [-0.2, 0) is 13.0 Å². The maximum absolute atomic E-state index is 13.9. The van der Waals surface area contributed by atoms with Crippen molar-refractivity contribution in [1.82, 2.24) is 4.57 Å². The fraction of sp³-hybridized carbons (Fsp3) is 0.125. The van der Waals surface area contributed by atoms with Crippen LogP contribution in [0.25, 0.3) is 11.8 Å². The number of hydrogen-bond acceptors (Lipinski definition) is 5. The molecule has 1 aliphatic heterocycles. The maximum Gasteiger partial charge on any atom is 0.271 e. The molecular weight excluding hydrogens is 588 g/mol. The van der Waals surface area contributed by atoms with Gasteiger partial charge in [0, 0.05) is 10.4 Å². The number of benzene rings is 3. The van der Waals surface area contributed by atoms with Gasteiger partial charge in [0.2, 0.25) is 0 Å².